The summed E-state index contributed by atoms with van der Waals surface area (Å²) in [4.78, 5) is 21.3. The van der Waals surface area contributed by atoms with E-state index in [4.69, 9.17) is 10.2 Å². The Morgan fingerprint density at radius 3 is 1.96 bits per heavy atom. The van der Waals surface area contributed by atoms with Crippen molar-refractivity contribution in [2.45, 2.75) is 102 Å². The molecule has 0 saturated carbocycles. The Bertz CT molecular complexity index is 382. The molecule has 0 rings (SSSR count). The summed E-state index contributed by atoms with van der Waals surface area (Å²) in [6.45, 7) is 2.25. The molecule has 0 aliphatic rings. The van der Waals surface area contributed by atoms with Crippen LogP contribution in [0.5, 0.6) is 0 Å². The van der Waals surface area contributed by atoms with Crippen LogP contribution in [0.1, 0.15) is 96.8 Å². The Hall–Kier alpha value is -0.970. The van der Waals surface area contributed by atoms with Crippen LogP contribution in [0, 0.1) is 0 Å². The van der Waals surface area contributed by atoms with Crippen LogP contribution < -0.4 is 0 Å². The second-order valence-corrected chi connectivity index (χ2v) is 8.16. The summed E-state index contributed by atoms with van der Waals surface area (Å²) in [5.74, 6) is -1.54. The van der Waals surface area contributed by atoms with Crippen molar-refractivity contribution in [1.29, 1.82) is 0 Å². The molecule has 0 heterocycles. The summed E-state index contributed by atoms with van der Waals surface area (Å²) >= 11 is 1.38. The minimum absolute atomic E-state index is 0.0698. The fourth-order valence-electron chi connectivity index (χ4n) is 2.87. The van der Waals surface area contributed by atoms with E-state index in [2.05, 4.69) is 19.1 Å². The molecular formula is C21H38O4S. The first-order chi connectivity index (χ1) is 12.6. The van der Waals surface area contributed by atoms with Gasteiger partial charge in [0.05, 0.1) is 5.75 Å². The lowest BCUT2D eigenvalue weighted by atomic mass is 10.1. The number of allylic oxidation sites excluding steroid dienone is 1. The van der Waals surface area contributed by atoms with Gasteiger partial charge in [0.25, 0.3) is 0 Å². The van der Waals surface area contributed by atoms with Crippen LogP contribution >= 0.6 is 11.8 Å². The first kappa shape index (κ1) is 25.0. The topological polar surface area (TPSA) is 74.6 Å². The third-order valence-electron chi connectivity index (χ3n) is 4.38. The molecule has 152 valence electrons. The van der Waals surface area contributed by atoms with Crippen LogP contribution in [0.15, 0.2) is 12.2 Å². The standard InChI is InChI=1S/C21H38O4S/c1-2-3-4-5-6-7-8-9-10-11-12-13-15-19(26-18-21(24)25)16-14-17-20(22)23/h13,15,19H,2-12,14,16-18H2,1H3,(H,22,23)(H,24,25)/b15-13-. The molecular weight excluding hydrogens is 348 g/mol. The Kier molecular flexibility index (Phi) is 18.1. The molecule has 0 aromatic rings. The van der Waals surface area contributed by atoms with Gasteiger partial charge in [-0.3, -0.25) is 9.59 Å². The maximum Gasteiger partial charge on any atom is 0.313 e. The van der Waals surface area contributed by atoms with Crippen LogP contribution in [0.2, 0.25) is 0 Å². The maximum absolute atomic E-state index is 10.7. The van der Waals surface area contributed by atoms with Crippen molar-refractivity contribution in [2.75, 3.05) is 5.75 Å². The molecule has 0 radical (unpaired) electrons. The number of unbranched alkanes of at least 4 members (excludes halogenated alkanes) is 10. The average molecular weight is 387 g/mol. The molecule has 0 saturated heterocycles. The number of carboxylic acid groups (broad SMARTS) is 2. The van der Waals surface area contributed by atoms with Crippen molar-refractivity contribution in [3.63, 3.8) is 0 Å². The van der Waals surface area contributed by atoms with Gasteiger partial charge < -0.3 is 10.2 Å². The Balaban J connectivity index is 3.72. The molecule has 0 aromatic carbocycles. The van der Waals surface area contributed by atoms with Gasteiger partial charge in [-0.2, -0.15) is 0 Å². The largest absolute Gasteiger partial charge is 0.481 e. The van der Waals surface area contributed by atoms with Gasteiger partial charge >= 0.3 is 11.9 Å². The predicted molar refractivity (Wildman–Crippen MR) is 111 cm³/mol. The van der Waals surface area contributed by atoms with Gasteiger partial charge in [0.1, 0.15) is 0 Å². The number of hydrogen-bond acceptors (Lipinski definition) is 3. The third kappa shape index (κ3) is 19.4. The summed E-state index contributed by atoms with van der Waals surface area (Å²) < 4.78 is 0. The van der Waals surface area contributed by atoms with E-state index < -0.39 is 11.9 Å². The van der Waals surface area contributed by atoms with Gasteiger partial charge in [-0.05, 0) is 25.7 Å². The first-order valence-electron chi connectivity index (χ1n) is 10.3. The Morgan fingerprint density at radius 1 is 0.846 bits per heavy atom. The van der Waals surface area contributed by atoms with Crippen molar-refractivity contribution >= 4 is 23.7 Å². The smallest absolute Gasteiger partial charge is 0.313 e. The summed E-state index contributed by atoms with van der Waals surface area (Å²) in [5.41, 5.74) is 0. The number of hydrogen-bond donors (Lipinski definition) is 2. The lowest BCUT2D eigenvalue weighted by molar-refractivity contribution is -0.137. The first-order valence-corrected chi connectivity index (χ1v) is 11.3. The van der Waals surface area contributed by atoms with Gasteiger partial charge in [0.15, 0.2) is 0 Å². The van der Waals surface area contributed by atoms with E-state index in [-0.39, 0.29) is 17.4 Å². The minimum atomic E-state index is -0.818. The summed E-state index contributed by atoms with van der Waals surface area (Å²) in [5, 5.41) is 17.6. The summed E-state index contributed by atoms with van der Waals surface area (Å²) in [6.07, 6.45) is 20.0. The zero-order valence-corrected chi connectivity index (χ0v) is 17.3. The predicted octanol–water partition coefficient (Wildman–Crippen LogP) is 6.29. The molecule has 0 aliphatic carbocycles. The lowest BCUT2D eigenvalue weighted by Gasteiger charge is -2.10. The summed E-state index contributed by atoms with van der Waals surface area (Å²) in [6, 6.07) is 0. The third-order valence-corrected chi connectivity index (χ3v) is 5.61. The van der Waals surface area contributed by atoms with Gasteiger partial charge in [0.2, 0.25) is 0 Å². The second kappa shape index (κ2) is 18.8. The lowest BCUT2D eigenvalue weighted by Crippen LogP contribution is -2.07. The van der Waals surface area contributed by atoms with E-state index in [1.54, 1.807) is 0 Å². The number of aliphatic carboxylic acids is 2. The van der Waals surface area contributed by atoms with Crippen molar-refractivity contribution in [3.05, 3.63) is 12.2 Å². The van der Waals surface area contributed by atoms with Crippen LogP contribution in [0.25, 0.3) is 0 Å². The highest BCUT2D eigenvalue weighted by atomic mass is 32.2. The molecule has 0 bridgehead atoms. The van der Waals surface area contributed by atoms with Crippen LogP contribution in [-0.2, 0) is 9.59 Å². The fourth-order valence-corrected chi connectivity index (χ4v) is 3.78. The zero-order chi connectivity index (χ0) is 19.5. The highest BCUT2D eigenvalue weighted by Crippen LogP contribution is 2.19. The highest BCUT2D eigenvalue weighted by Gasteiger charge is 2.09. The Labute approximate surface area is 163 Å². The van der Waals surface area contributed by atoms with E-state index in [1.807, 2.05) is 0 Å². The SMILES string of the molecule is CCCCCCCCCCCC/C=C\C(CCCC(=O)O)SCC(=O)O. The molecule has 2 N–H and O–H groups in total. The van der Waals surface area contributed by atoms with Crippen molar-refractivity contribution < 1.29 is 19.8 Å². The van der Waals surface area contributed by atoms with Crippen LogP contribution in [0.4, 0.5) is 0 Å². The zero-order valence-electron chi connectivity index (χ0n) is 16.5. The van der Waals surface area contributed by atoms with Crippen molar-refractivity contribution in [3.8, 4) is 0 Å². The number of thioether (sulfide) groups is 1. The van der Waals surface area contributed by atoms with E-state index in [1.165, 1.54) is 76.0 Å². The quantitative estimate of drug-likeness (QED) is 0.201. The minimum Gasteiger partial charge on any atom is -0.481 e. The molecule has 0 aromatic heterocycles. The highest BCUT2D eigenvalue weighted by molar-refractivity contribution is 8.00. The molecule has 0 fully saturated rings. The number of carboxylic acids is 2. The van der Waals surface area contributed by atoms with Crippen LogP contribution in [-0.4, -0.2) is 33.2 Å². The molecule has 0 aliphatic heterocycles. The van der Waals surface area contributed by atoms with Crippen molar-refractivity contribution in [1.82, 2.24) is 0 Å². The summed E-state index contributed by atoms with van der Waals surface area (Å²) in [7, 11) is 0. The molecule has 0 amide bonds. The molecule has 4 nitrogen and oxygen atoms in total. The monoisotopic (exact) mass is 386 g/mol. The number of rotatable bonds is 19. The van der Waals surface area contributed by atoms with Gasteiger partial charge in [-0.15, -0.1) is 11.8 Å². The molecule has 0 spiro atoms. The Morgan fingerprint density at radius 2 is 1.42 bits per heavy atom. The molecule has 1 unspecified atom stereocenters. The van der Waals surface area contributed by atoms with Gasteiger partial charge in [-0.1, -0.05) is 76.9 Å². The number of carbonyl (C=O) groups is 2. The van der Waals surface area contributed by atoms with Gasteiger partial charge in [0, 0.05) is 11.7 Å². The van der Waals surface area contributed by atoms with Crippen molar-refractivity contribution in [2.24, 2.45) is 0 Å². The average Bonchev–Trinajstić information content (AvgIpc) is 2.59. The van der Waals surface area contributed by atoms with E-state index in [0.717, 1.165) is 12.8 Å². The molecule has 5 heteroatoms. The fraction of sp³-hybridized carbons (Fsp3) is 0.810. The van der Waals surface area contributed by atoms with E-state index >= 15 is 0 Å². The van der Waals surface area contributed by atoms with E-state index in [9.17, 15) is 9.59 Å². The maximum atomic E-state index is 10.7. The van der Waals surface area contributed by atoms with E-state index in [0.29, 0.717) is 6.42 Å². The van der Waals surface area contributed by atoms with Crippen LogP contribution in [0.3, 0.4) is 0 Å². The molecule has 1 atom stereocenters. The second-order valence-electron chi connectivity index (χ2n) is 6.93. The van der Waals surface area contributed by atoms with Gasteiger partial charge in [-0.25, -0.2) is 0 Å². The molecule has 26 heavy (non-hydrogen) atoms. The normalized spacial score (nSPS) is 12.5.